The smallest absolute Gasteiger partial charge is 0.0562 e. The van der Waals surface area contributed by atoms with Crippen LogP contribution in [0.1, 0.15) is 0 Å². The van der Waals surface area contributed by atoms with Gasteiger partial charge in [-0.25, -0.2) is 0 Å². The topological polar surface area (TPSA) is 8.17 Å². The summed E-state index contributed by atoms with van der Waals surface area (Å²) in [5.74, 6) is 0. The number of rotatable bonds is 8. The van der Waals surface area contributed by atoms with Crippen LogP contribution in [0.4, 0.5) is 17.1 Å². The standard InChI is InChI=1S/C54H38N2/c1-5-18-39(19-6-1)40-32-34-44(35-33-40)55(50-29-15-13-26-46(50)41-20-7-2-8-21-41)45-36-37-49-48-27-14-16-30-51(48)56(53(49)38-45)52-31-17-28-47(42-22-9-3-10-23-42)54(52)43-24-11-4-12-25-43/h1-38H. The number of benzene rings is 9. The molecule has 10 rings (SSSR count). The molecule has 0 saturated carbocycles. The van der Waals surface area contributed by atoms with Crippen LogP contribution in [0.5, 0.6) is 0 Å². The summed E-state index contributed by atoms with van der Waals surface area (Å²) in [5, 5.41) is 2.44. The van der Waals surface area contributed by atoms with Crippen LogP contribution in [-0.4, -0.2) is 4.57 Å². The van der Waals surface area contributed by atoms with E-state index >= 15 is 0 Å². The van der Waals surface area contributed by atoms with Gasteiger partial charge in [0.25, 0.3) is 0 Å². The minimum absolute atomic E-state index is 1.08. The number of fused-ring (bicyclic) bond motifs is 3. The fraction of sp³-hybridized carbons (Fsp3) is 0. The van der Waals surface area contributed by atoms with Crippen LogP contribution in [0.3, 0.4) is 0 Å². The Kier molecular flexibility index (Phi) is 8.55. The number of nitrogens with zero attached hydrogens (tertiary/aromatic N) is 2. The van der Waals surface area contributed by atoms with Crippen molar-refractivity contribution in [1.29, 1.82) is 0 Å². The number of para-hydroxylation sites is 2. The molecule has 0 aliphatic heterocycles. The largest absolute Gasteiger partial charge is 0.310 e. The fourth-order valence-electron chi connectivity index (χ4n) is 8.24. The lowest BCUT2D eigenvalue weighted by atomic mass is 9.93. The maximum absolute atomic E-state index is 2.47. The van der Waals surface area contributed by atoms with Crippen molar-refractivity contribution >= 4 is 38.9 Å². The van der Waals surface area contributed by atoms with E-state index in [0.29, 0.717) is 0 Å². The van der Waals surface area contributed by atoms with Crippen LogP contribution in [0.2, 0.25) is 0 Å². The van der Waals surface area contributed by atoms with Gasteiger partial charge in [0.15, 0.2) is 0 Å². The summed E-state index contributed by atoms with van der Waals surface area (Å²) in [5.41, 5.74) is 16.3. The second-order valence-electron chi connectivity index (χ2n) is 14.1. The first-order chi connectivity index (χ1) is 27.8. The van der Waals surface area contributed by atoms with E-state index in [1.165, 1.54) is 60.8 Å². The highest BCUT2D eigenvalue weighted by molar-refractivity contribution is 6.11. The molecule has 2 nitrogen and oxygen atoms in total. The molecule has 0 bridgehead atoms. The Morgan fingerprint density at radius 2 is 0.804 bits per heavy atom. The summed E-state index contributed by atoms with van der Waals surface area (Å²) >= 11 is 0. The van der Waals surface area contributed by atoms with E-state index in [9.17, 15) is 0 Å². The Bertz CT molecular complexity index is 2930. The third kappa shape index (κ3) is 5.95. The summed E-state index contributed by atoms with van der Waals surface area (Å²) in [6.45, 7) is 0. The molecule has 0 spiro atoms. The van der Waals surface area contributed by atoms with Gasteiger partial charge in [-0.1, -0.05) is 188 Å². The zero-order valence-electron chi connectivity index (χ0n) is 30.8. The molecule has 0 N–H and O–H groups in total. The lowest BCUT2D eigenvalue weighted by Crippen LogP contribution is -2.11. The van der Waals surface area contributed by atoms with E-state index in [2.05, 4.69) is 240 Å². The Morgan fingerprint density at radius 1 is 0.304 bits per heavy atom. The van der Waals surface area contributed by atoms with Gasteiger partial charge in [-0.15, -0.1) is 0 Å². The van der Waals surface area contributed by atoms with Gasteiger partial charge < -0.3 is 9.47 Å². The molecule has 0 unspecified atom stereocenters. The van der Waals surface area contributed by atoms with E-state index in [0.717, 1.165) is 28.3 Å². The molecule has 1 heterocycles. The van der Waals surface area contributed by atoms with Gasteiger partial charge in [0.1, 0.15) is 0 Å². The fourth-order valence-corrected chi connectivity index (χ4v) is 8.24. The molecule has 56 heavy (non-hydrogen) atoms. The lowest BCUT2D eigenvalue weighted by Gasteiger charge is -2.28. The maximum Gasteiger partial charge on any atom is 0.0562 e. The van der Waals surface area contributed by atoms with Crippen molar-refractivity contribution in [2.75, 3.05) is 4.90 Å². The van der Waals surface area contributed by atoms with Crippen LogP contribution < -0.4 is 4.90 Å². The summed E-state index contributed by atoms with van der Waals surface area (Å²) < 4.78 is 2.47. The highest BCUT2D eigenvalue weighted by Gasteiger charge is 2.22. The van der Waals surface area contributed by atoms with E-state index < -0.39 is 0 Å². The van der Waals surface area contributed by atoms with E-state index in [-0.39, 0.29) is 0 Å². The summed E-state index contributed by atoms with van der Waals surface area (Å²) in [4.78, 5) is 2.41. The quantitative estimate of drug-likeness (QED) is 0.152. The average molecular weight is 715 g/mol. The number of anilines is 3. The minimum Gasteiger partial charge on any atom is -0.310 e. The number of hydrogen-bond donors (Lipinski definition) is 0. The van der Waals surface area contributed by atoms with Gasteiger partial charge in [-0.05, 0) is 75.8 Å². The van der Waals surface area contributed by atoms with Crippen molar-refractivity contribution in [2.24, 2.45) is 0 Å². The molecule has 0 fully saturated rings. The second-order valence-corrected chi connectivity index (χ2v) is 14.1. The first-order valence-electron chi connectivity index (χ1n) is 19.2. The predicted octanol–water partition coefficient (Wildman–Crippen LogP) is 14.9. The van der Waals surface area contributed by atoms with Crippen LogP contribution in [0.25, 0.3) is 72.0 Å². The highest BCUT2D eigenvalue weighted by Crippen LogP contribution is 2.45. The third-order valence-corrected chi connectivity index (χ3v) is 10.8. The molecule has 1 aromatic heterocycles. The van der Waals surface area contributed by atoms with Crippen molar-refractivity contribution in [3.8, 4) is 50.2 Å². The van der Waals surface area contributed by atoms with Crippen LogP contribution in [0, 0.1) is 0 Å². The van der Waals surface area contributed by atoms with Gasteiger partial charge in [0.2, 0.25) is 0 Å². The van der Waals surface area contributed by atoms with Crippen molar-refractivity contribution in [3.05, 3.63) is 231 Å². The van der Waals surface area contributed by atoms with E-state index in [1.54, 1.807) is 0 Å². The van der Waals surface area contributed by atoms with Crippen LogP contribution >= 0.6 is 0 Å². The van der Waals surface area contributed by atoms with Crippen molar-refractivity contribution < 1.29 is 0 Å². The Labute approximate surface area is 327 Å². The minimum atomic E-state index is 1.08. The summed E-state index contributed by atoms with van der Waals surface area (Å²) in [6.07, 6.45) is 0. The first kappa shape index (κ1) is 33.2. The predicted molar refractivity (Wildman–Crippen MR) is 237 cm³/mol. The van der Waals surface area contributed by atoms with Gasteiger partial charge >= 0.3 is 0 Å². The zero-order chi connectivity index (χ0) is 37.3. The molecular weight excluding hydrogens is 677 g/mol. The maximum atomic E-state index is 2.47. The molecule has 0 aliphatic rings. The van der Waals surface area contributed by atoms with Gasteiger partial charge in [-0.2, -0.15) is 0 Å². The Balaban J connectivity index is 1.24. The molecule has 0 atom stereocenters. The van der Waals surface area contributed by atoms with Crippen molar-refractivity contribution in [3.63, 3.8) is 0 Å². The highest BCUT2D eigenvalue weighted by atomic mass is 15.1. The molecule has 0 amide bonds. The number of aromatic nitrogens is 1. The molecule has 0 radical (unpaired) electrons. The third-order valence-electron chi connectivity index (χ3n) is 10.8. The normalized spacial score (nSPS) is 11.2. The van der Waals surface area contributed by atoms with Crippen LogP contribution in [-0.2, 0) is 0 Å². The second kappa shape index (κ2) is 14.4. The Morgan fingerprint density at radius 3 is 1.50 bits per heavy atom. The molecule has 0 saturated heterocycles. The van der Waals surface area contributed by atoms with E-state index in [1.807, 2.05) is 0 Å². The van der Waals surface area contributed by atoms with Crippen molar-refractivity contribution in [1.82, 2.24) is 4.57 Å². The SMILES string of the molecule is c1ccc(-c2ccc(N(c3ccc4c5ccccc5n(-c5cccc(-c6ccccc6)c5-c5ccccc5)c4c3)c3ccccc3-c3ccccc3)cc2)cc1. The van der Waals surface area contributed by atoms with Gasteiger partial charge in [0, 0.05) is 33.3 Å². The lowest BCUT2D eigenvalue weighted by molar-refractivity contribution is 1.18. The van der Waals surface area contributed by atoms with E-state index in [4.69, 9.17) is 0 Å². The summed E-state index contributed by atoms with van der Waals surface area (Å²) in [7, 11) is 0. The molecule has 2 heteroatoms. The molecule has 0 aliphatic carbocycles. The van der Waals surface area contributed by atoms with Gasteiger partial charge in [-0.3, -0.25) is 0 Å². The zero-order valence-corrected chi connectivity index (χ0v) is 30.8. The molecule has 10 aromatic rings. The summed E-state index contributed by atoms with van der Waals surface area (Å²) in [6, 6.07) is 83.1. The van der Waals surface area contributed by atoms with Crippen LogP contribution in [0.15, 0.2) is 231 Å². The van der Waals surface area contributed by atoms with Crippen molar-refractivity contribution in [2.45, 2.75) is 0 Å². The Hall–Kier alpha value is -7.42. The first-order valence-corrected chi connectivity index (χ1v) is 19.2. The monoisotopic (exact) mass is 714 g/mol. The van der Waals surface area contributed by atoms with Gasteiger partial charge in [0.05, 0.1) is 22.4 Å². The molecule has 9 aromatic carbocycles. The molecular formula is C54H38N2. The average Bonchev–Trinajstić information content (AvgIpc) is 3.61. The molecule has 264 valence electrons. The number of hydrogen-bond acceptors (Lipinski definition) is 1.